The summed E-state index contributed by atoms with van der Waals surface area (Å²) in [5, 5.41) is 13.8. The van der Waals surface area contributed by atoms with Crippen LogP contribution in [0.1, 0.15) is 32.1 Å². The van der Waals surface area contributed by atoms with Crippen LogP contribution in [-0.2, 0) is 9.59 Å². The van der Waals surface area contributed by atoms with Gasteiger partial charge >= 0.3 is 0 Å². The zero-order valence-corrected chi connectivity index (χ0v) is 18.9. The van der Waals surface area contributed by atoms with Crippen molar-refractivity contribution in [1.29, 1.82) is 0 Å². The topological polar surface area (TPSA) is 114 Å². The number of para-hydroxylation sites is 1. The van der Waals surface area contributed by atoms with E-state index in [2.05, 4.69) is 5.32 Å². The fraction of sp³-hybridized carbons (Fsp3) is 0.348. The molecule has 1 aliphatic carbocycles. The number of rotatable bonds is 7. The molecule has 2 aromatic carbocycles. The Morgan fingerprint density at radius 1 is 1.24 bits per heavy atom. The molecule has 0 aromatic heterocycles. The maximum atomic E-state index is 13.3. The number of carbonyl (C=O) groups is 2. The van der Waals surface area contributed by atoms with Crippen LogP contribution < -0.4 is 10.1 Å². The Bertz CT molecular complexity index is 1090. The first-order valence-corrected chi connectivity index (χ1v) is 11.6. The summed E-state index contributed by atoms with van der Waals surface area (Å²) in [6.45, 7) is 0. The number of nitro benzene ring substituents is 1. The Labute approximate surface area is 195 Å². The summed E-state index contributed by atoms with van der Waals surface area (Å²) in [6.07, 6.45) is 3.89. The Morgan fingerprint density at radius 3 is 2.64 bits per heavy atom. The third-order valence-corrected chi connectivity index (χ3v) is 6.83. The van der Waals surface area contributed by atoms with E-state index < -0.39 is 16.1 Å². The minimum atomic E-state index is -0.613. The summed E-state index contributed by atoms with van der Waals surface area (Å²) < 4.78 is 5.20. The molecule has 0 bridgehead atoms. The number of nitrogens with one attached hydrogen (secondary N) is 1. The van der Waals surface area contributed by atoms with Gasteiger partial charge in [-0.1, -0.05) is 42.8 Å². The number of amidine groups is 1. The maximum Gasteiger partial charge on any atom is 0.271 e. The molecule has 2 aliphatic rings. The first-order valence-electron chi connectivity index (χ1n) is 10.7. The van der Waals surface area contributed by atoms with Crippen LogP contribution in [0.5, 0.6) is 5.75 Å². The van der Waals surface area contributed by atoms with Crippen molar-refractivity contribution in [1.82, 2.24) is 4.90 Å². The van der Waals surface area contributed by atoms with Gasteiger partial charge in [0.15, 0.2) is 5.17 Å². The van der Waals surface area contributed by atoms with Crippen molar-refractivity contribution in [2.45, 2.75) is 43.4 Å². The highest BCUT2D eigenvalue weighted by atomic mass is 32.2. The molecular weight excluding hydrogens is 444 g/mol. The summed E-state index contributed by atoms with van der Waals surface area (Å²) in [6, 6.07) is 13.5. The molecule has 1 heterocycles. The standard InChI is InChI=1S/C23H24N4O5S/c1-32-19-12-11-17(27(30)31)13-18(19)25-21(28)14-20-22(29)26(16-9-5-6-10-16)23(33-20)24-15-7-3-2-4-8-15/h2-4,7-8,11-13,16,20H,5-6,9-10,14H2,1H3,(H,25,28). The molecule has 4 rings (SSSR count). The Balaban J connectivity index is 1.52. The SMILES string of the molecule is COc1ccc([N+](=O)[O-])cc1NC(=O)CC1SC(=Nc2ccccc2)N(C2CCCC2)C1=O. The predicted octanol–water partition coefficient (Wildman–Crippen LogP) is 4.51. The van der Waals surface area contributed by atoms with Gasteiger partial charge in [0.05, 0.1) is 23.4 Å². The highest BCUT2D eigenvalue weighted by Gasteiger charge is 2.43. The van der Waals surface area contributed by atoms with E-state index in [9.17, 15) is 19.7 Å². The zero-order valence-electron chi connectivity index (χ0n) is 18.1. The molecule has 1 unspecified atom stereocenters. The second-order valence-corrected chi connectivity index (χ2v) is 9.05. The summed E-state index contributed by atoms with van der Waals surface area (Å²) >= 11 is 1.29. The predicted molar refractivity (Wildman–Crippen MR) is 127 cm³/mol. The average Bonchev–Trinajstić information content (AvgIpc) is 3.42. The number of hydrogen-bond donors (Lipinski definition) is 1. The lowest BCUT2D eigenvalue weighted by atomic mass is 10.2. The fourth-order valence-electron chi connectivity index (χ4n) is 4.08. The van der Waals surface area contributed by atoms with Crippen LogP contribution in [0.2, 0.25) is 0 Å². The van der Waals surface area contributed by atoms with Crippen LogP contribution >= 0.6 is 11.8 Å². The van der Waals surface area contributed by atoms with E-state index in [1.165, 1.54) is 37.1 Å². The number of thioether (sulfide) groups is 1. The molecule has 2 fully saturated rings. The van der Waals surface area contributed by atoms with E-state index in [0.29, 0.717) is 10.9 Å². The number of ether oxygens (including phenoxy) is 1. The molecule has 9 nitrogen and oxygen atoms in total. The lowest BCUT2D eigenvalue weighted by molar-refractivity contribution is -0.384. The van der Waals surface area contributed by atoms with Crippen molar-refractivity contribution in [3.05, 3.63) is 58.6 Å². The van der Waals surface area contributed by atoms with Crippen LogP contribution in [0.25, 0.3) is 0 Å². The third-order valence-electron chi connectivity index (χ3n) is 5.68. The van der Waals surface area contributed by atoms with Gasteiger partial charge in [-0.15, -0.1) is 0 Å². The molecule has 2 amide bonds. The lowest BCUT2D eigenvalue weighted by Gasteiger charge is -2.23. The second kappa shape index (κ2) is 10.0. The summed E-state index contributed by atoms with van der Waals surface area (Å²) in [4.78, 5) is 43.1. The molecular formula is C23H24N4O5S. The maximum absolute atomic E-state index is 13.3. The molecule has 10 heteroatoms. The first-order chi connectivity index (χ1) is 16.0. The summed E-state index contributed by atoms with van der Waals surface area (Å²) in [5.74, 6) is -0.243. The number of nitrogens with zero attached hydrogens (tertiary/aromatic N) is 3. The molecule has 0 spiro atoms. The van der Waals surface area contributed by atoms with E-state index >= 15 is 0 Å². The third kappa shape index (κ3) is 5.16. The van der Waals surface area contributed by atoms with Crippen LogP contribution in [0.4, 0.5) is 17.1 Å². The van der Waals surface area contributed by atoms with Gasteiger partial charge in [0.1, 0.15) is 11.0 Å². The van der Waals surface area contributed by atoms with E-state index in [1.54, 1.807) is 4.90 Å². The number of methoxy groups -OCH3 is 1. The molecule has 2 aromatic rings. The quantitative estimate of drug-likeness (QED) is 0.472. The second-order valence-electron chi connectivity index (χ2n) is 7.88. The van der Waals surface area contributed by atoms with Crippen molar-refractivity contribution in [2.75, 3.05) is 12.4 Å². The van der Waals surface area contributed by atoms with E-state index in [4.69, 9.17) is 9.73 Å². The number of nitro groups is 1. The number of hydrogen-bond acceptors (Lipinski definition) is 7. The summed E-state index contributed by atoms with van der Waals surface area (Å²) in [5.41, 5.74) is 0.780. The zero-order chi connectivity index (χ0) is 23.4. The van der Waals surface area contributed by atoms with Gasteiger partial charge in [-0.25, -0.2) is 4.99 Å². The monoisotopic (exact) mass is 468 g/mol. The molecule has 1 saturated carbocycles. The number of aliphatic imine (C=N–C) groups is 1. The Kier molecular flexibility index (Phi) is 6.93. The van der Waals surface area contributed by atoms with E-state index in [0.717, 1.165) is 31.4 Å². The molecule has 1 aliphatic heterocycles. The largest absolute Gasteiger partial charge is 0.495 e. The molecule has 1 N–H and O–H groups in total. The van der Waals surface area contributed by atoms with Crippen LogP contribution in [0.3, 0.4) is 0 Å². The van der Waals surface area contributed by atoms with Gasteiger partial charge in [-0.3, -0.25) is 24.6 Å². The minimum absolute atomic E-state index is 0.0770. The number of amides is 2. The van der Waals surface area contributed by atoms with Gasteiger partial charge in [-0.05, 0) is 31.0 Å². The van der Waals surface area contributed by atoms with Crippen molar-refractivity contribution >= 4 is 45.8 Å². The van der Waals surface area contributed by atoms with E-state index in [1.807, 2.05) is 30.3 Å². The van der Waals surface area contributed by atoms with Gasteiger partial charge < -0.3 is 10.1 Å². The van der Waals surface area contributed by atoms with Crippen LogP contribution in [-0.4, -0.2) is 45.2 Å². The average molecular weight is 469 g/mol. The first kappa shape index (κ1) is 22.8. The van der Waals surface area contributed by atoms with Gasteiger partial charge in [0, 0.05) is 24.6 Å². The lowest BCUT2D eigenvalue weighted by Crippen LogP contribution is -2.40. The number of carbonyl (C=O) groups excluding carboxylic acids is 2. The molecule has 172 valence electrons. The normalized spacial score (nSPS) is 19.8. The van der Waals surface area contributed by atoms with Gasteiger partial charge in [-0.2, -0.15) is 0 Å². The summed E-state index contributed by atoms with van der Waals surface area (Å²) in [7, 11) is 1.42. The Hall–Kier alpha value is -3.40. The van der Waals surface area contributed by atoms with Crippen LogP contribution in [0, 0.1) is 10.1 Å². The van der Waals surface area contributed by atoms with Crippen molar-refractivity contribution < 1.29 is 19.2 Å². The minimum Gasteiger partial charge on any atom is -0.495 e. The fourth-order valence-corrected chi connectivity index (χ4v) is 5.30. The molecule has 33 heavy (non-hydrogen) atoms. The van der Waals surface area contributed by atoms with Crippen molar-refractivity contribution in [2.24, 2.45) is 4.99 Å². The number of non-ortho nitro benzene ring substituents is 1. The van der Waals surface area contributed by atoms with Gasteiger partial charge in [0.25, 0.3) is 5.69 Å². The highest BCUT2D eigenvalue weighted by molar-refractivity contribution is 8.15. The molecule has 1 saturated heterocycles. The van der Waals surface area contributed by atoms with Crippen molar-refractivity contribution in [3.63, 3.8) is 0 Å². The van der Waals surface area contributed by atoms with E-state index in [-0.39, 0.29) is 29.7 Å². The van der Waals surface area contributed by atoms with Crippen LogP contribution in [0.15, 0.2) is 53.5 Å². The smallest absolute Gasteiger partial charge is 0.271 e. The van der Waals surface area contributed by atoms with Gasteiger partial charge in [0.2, 0.25) is 11.8 Å². The Morgan fingerprint density at radius 2 is 1.97 bits per heavy atom. The number of anilines is 1. The van der Waals surface area contributed by atoms with Crippen molar-refractivity contribution in [3.8, 4) is 5.75 Å². The number of benzene rings is 2. The highest BCUT2D eigenvalue weighted by Crippen LogP contribution is 2.37. The molecule has 1 atom stereocenters. The molecule has 0 radical (unpaired) electrons.